The van der Waals surface area contributed by atoms with Gasteiger partial charge in [-0.05, 0) is 25.3 Å². The molecule has 0 nitrogen and oxygen atoms in total. The van der Waals surface area contributed by atoms with Crippen molar-refractivity contribution >= 4 is 0 Å². The Morgan fingerprint density at radius 1 is 1.64 bits per heavy atom. The molecule has 1 unspecified atom stereocenters. The molecule has 0 aliphatic rings. The number of terminal acetylenes is 1. The van der Waals surface area contributed by atoms with Gasteiger partial charge in [-0.1, -0.05) is 38.3 Å². The molecule has 0 heterocycles. The zero-order valence-electron chi connectivity index (χ0n) is 9.31. The average molecular weight is 194 g/mol. The van der Waals surface area contributed by atoms with Gasteiger partial charge < -0.3 is 0 Å². The molecule has 0 spiro atoms. The zero-order valence-corrected chi connectivity index (χ0v) is 9.31. The van der Waals surface area contributed by atoms with Gasteiger partial charge in [0.25, 0.3) is 0 Å². The van der Waals surface area contributed by atoms with E-state index in [1.54, 1.807) is 6.08 Å². The fraction of sp³-hybridized carbons (Fsp3) is 0.538. The third kappa shape index (κ3) is 4.28. The molecule has 0 rings (SSSR count). The van der Waals surface area contributed by atoms with E-state index >= 15 is 0 Å². The van der Waals surface area contributed by atoms with Gasteiger partial charge in [-0.2, -0.15) is 0 Å². The minimum absolute atomic E-state index is 0.0124. The Morgan fingerprint density at radius 2 is 2.21 bits per heavy atom. The maximum Gasteiger partial charge on any atom is 0.135 e. The summed E-state index contributed by atoms with van der Waals surface area (Å²) >= 11 is 0. The first-order valence-electron chi connectivity index (χ1n) is 5.00. The first-order valence-corrected chi connectivity index (χ1v) is 5.00. The zero-order chi connectivity index (χ0) is 11.1. The smallest absolute Gasteiger partial charge is 0.135 e. The van der Waals surface area contributed by atoms with E-state index in [2.05, 4.69) is 12.5 Å². The number of hydrogen-bond donors (Lipinski definition) is 0. The summed E-state index contributed by atoms with van der Waals surface area (Å²) in [6, 6.07) is 0. The second kappa shape index (κ2) is 6.43. The Labute approximate surface area is 86.9 Å². The van der Waals surface area contributed by atoms with E-state index in [1.165, 1.54) is 0 Å². The van der Waals surface area contributed by atoms with Crippen molar-refractivity contribution in [1.29, 1.82) is 0 Å². The van der Waals surface area contributed by atoms with Crippen molar-refractivity contribution in [2.24, 2.45) is 5.92 Å². The van der Waals surface area contributed by atoms with E-state index in [0.717, 1.165) is 18.4 Å². The van der Waals surface area contributed by atoms with Crippen LogP contribution in [-0.4, -0.2) is 6.17 Å². The van der Waals surface area contributed by atoms with Crippen LogP contribution >= 0.6 is 0 Å². The van der Waals surface area contributed by atoms with E-state index in [1.807, 2.05) is 20.8 Å². The SMILES string of the molecule is C#C/C(=C/C(=C)C)[C@@H](F)C(C)CCC. The molecule has 0 aromatic carbocycles. The van der Waals surface area contributed by atoms with Crippen LogP contribution in [0.25, 0.3) is 0 Å². The van der Waals surface area contributed by atoms with E-state index in [-0.39, 0.29) is 5.92 Å². The molecule has 0 bridgehead atoms. The summed E-state index contributed by atoms with van der Waals surface area (Å²) in [5, 5.41) is 0. The van der Waals surface area contributed by atoms with Crippen LogP contribution in [0.5, 0.6) is 0 Å². The van der Waals surface area contributed by atoms with Gasteiger partial charge in [-0.15, -0.1) is 6.42 Å². The van der Waals surface area contributed by atoms with E-state index in [0.29, 0.717) is 5.57 Å². The molecule has 0 fully saturated rings. The third-order valence-electron chi connectivity index (χ3n) is 2.11. The maximum atomic E-state index is 13.8. The fourth-order valence-corrected chi connectivity index (χ4v) is 1.37. The summed E-state index contributed by atoms with van der Waals surface area (Å²) in [6.07, 6.45) is 7.71. The molecule has 0 aromatic heterocycles. The van der Waals surface area contributed by atoms with Gasteiger partial charge in [0.2, 0.25) is 0 Å². The van der Waals surface area contributed by atoms with Crippen LogP contribution in [0.4, 0.5) is 4.39 Å². The van der Waals surface area contributed by atoms with E-state index in [4.69, 9.17) is 6.42 Å². The second-order valence-electron chi connectivity index (χ2n) is 3.76. The van der Waals surface area contributed by atoms with Gasteiger partial charge in [0.05, 0.1) is 0 Å². The van der Waals surface area contributed by atoms with E-state index < -0.39 is 6.17 Å². The quantitative estimate of drug-likeness (QED) is 0.460. The number of rotatable bonds is 5. The van der Waals surface area contributed by atoms with E-state index in [9.17, 15) is 4.39 Å². The molecule has 0 aliphatic heterocycles. The number of allylic oxidation sites excluding steroid dienone is 3. The highest BCUT2D eigenvalue weighted by Crippen LogP contribution is 2.21. The molecular weight excluding hydrogens is 175 g/mol. The third-order valence-corrected chi connectivity index (χ3v) is 2.11. The highest BCUT2D eigenvalue weighted by Gasteiger charge is 2.18. The average Bonchev–Trinajstić information content (AvgIpc) is 2.13. The van der Waals surface area contributed by atoms with Gasteiger partial charge in [-0.3, -0.25) is 0 Å². The molecule has 0 N–H and O–H groups in total. The minimum Gasteiger partial charge on any atom is -0.241 e. The van der Waals surface area contributed by atoms with Crippen LogP contribution in [0.3, 0.4) is 0 Å². The van der Waals surface area contributed by atoms with Crippen LogP contribution in [0.2, 0.25) is 0 Å². The lowest BCUT2D eigenvalue weighted by molar-refractivity contribution is 0.274. The molecule has 78 valence electrons. The summed E-state index contributed by atoms with van der Waals surface area (Å²) in [4.78, 5) is 0. The second-order valence-corrected chi connectivity index (χ2v) is 3.76. The Kier molecular flexibility index (Phi) is 5.95. The summed E-state index contributed by atoms with van der Waals surface area (Å²) < 4.78 is 13.8. The van der Waals surface area contributed by atoms with Crippen molar-refractivity contribution in [2.45, 2.75) is 39.8 Å². The van der Waals surface area contributed by atoms with Crippen molar-refractivity contribution < 1.29 is 4.39 Å². The van der Waals surface area contributed by atoms with Gasteiger partial charge >= 0.3 is 0 Å². The Morgan fingerprint density at radius 3 is 2.57 bits per heavy atom. The number of alkyl halides is 1. The van der Waals surface area contributed by atoms with Gasteiger partial charge in [0, 0.05) is 5.57 Å². The van der Waals surface area contributed by atoms with Crippen LogP contribution < -0.4 is 0 Å². The highest BCUT2D eigenvalue weighted by molar-refractivity contribution is 5.35. The lowest BCUT2D eigenvalue weighted by Crippen LogP contribution is -2.14. The Balaban J connectivity index is 4.55. The highest BCUT2D eigenvalue weighted by atomic mass is 19.1. The molecule has 1 heteroatoms. The van der Waals surface area contributed by atoms with Gasteiger partial charge in [0.1, 0.15) is 6.17 Å². The first kappa shape index (κ1) is 13.0. The molecule has 0 radical (unpaired) electrons. The molecule has 0 aliphatic carbocycles. The predicted octanol–water partition coefficient (Wildman–Crippen LogP) is 3.90. The summed E-state index contributed by atoms with van der Waals surface area (Å²) in [6.45, 7) is 9.44. The Hall–Kier alpha value is -1.03. The number of hydrogen-bond acceptors (Lipinski definition) is 0. The topological polar surface area (TPSA) is 0 Å². The molecule has 0 aromatic rings. The standard InChI is InChI=1S/C13H19F/c1-6-8-11(5)13(14)12(7-2)9-10(3)4/h2,9,11,13H,3,6,8H2,1,4-5H3/b12-9-/t11?,13-/m0/s1. The summed E-state index contributed by atoms with van der Waals surface area (Å²) in [5.74, 6) is 2.39. The molecular formula is C13H19F. The summed E-state index contributed by atoms with van der Waals surface area (Å²) in [5.41, 5.74) is 1.21. The molecule has 2 atom stereocenters. The first-order chi connectivity index (χ1) is 6.52. The fourth-order valence-electron chi connectivity index (χ4n) is 1.37. The number of halogens is 1. The molecule has 14 heavy (non-hydrogen) atoms. The minimum atomic E-state index is -1.03. The molecule has 0 amide bonds. The Bertz CT molecular complexity index is 255. The van der Waals surface area contributed by atoms with Crippen LogP contribution in [-0.2, 0) is 0 Å². The molecule has 0 saturated heterocycles. The summed E-state index contributed by atoms with van der Waals surface area (Å²) in [7, 11) is 0. The van der Waals surface area contributed by atoms with Crippen LogP contribution in [0.15, 0.2) is 23.8 Å². The van der Waals surface area contributed by atoms with Crippen molar-refractivity contribution in [3.63, 3.8) is 0 Å². The largest absolute Gasteiger partial charge is 0.241 e. The molecule has 0 saturated carbocycles. The van der Waals surface area contributed by atoms with Crippen molar-refractivity contribution in [2.75, 3.05) is 0 Å². The van der Waals surface area contributed by atoms with Crippen LogP contribution in [0.1, 0.15) is 33.6 Å². The monoisotopic (exact) mass is 194 g/mol. The van der Waals surface area contributed by atoms with Crippen molar-refractivity contribution in [1.82, 2.24) is 0 Å². The lowest BCUT2D eigenvalue weighted by atomic mass is 9.94. The van der Waals surface area contributed by atoms with Crippen molar-refractivity contribution in [3.8, 4) is 12.3 Å². The lowest BCUT2D eigenvalue weighted by Gasteiger charge is -2.15. The maximum absolute atomic E-state index is 13.8. The van der Waals surface area contributed by atoms with Crippen LogP contribution in [0, 0.1) is 18.3 Å². The van der Waals surface area contributed by atoms with Gasteiger partial charge in [-0.25, -0.2) is 4.39 Å². The predicted molar refractivity (Wildman–Crippen MR) is 60.7 cm³/mol. The van der Waals surface area contributed by atoms with Gasteiger partial charge in [0.15, 0.2) is 0 Å². The van der Waals surface area contributed by atoms with Crippen molar-refractivity contribution in [3.05, 3.63) is 23.8 Å². The normalized spacial score (nSPS) is 15.8.